The van der Waals surface area contributed by atoms with Crippen LogP contribution in [0.4, 0.5) is 0 Å². The van der Waals surface area contributed by atoms with E-state index in [1.807, 2.05) is 0 Å². The zero-order chi connectivity index (χ0) is 19.6. The van der Waals surface area contributed by atoms with Gasteiger partial charge in [-0.2, -0.15) is 0 Å². The van der Waals surface area contributed by atoms with Crippen LogP contribution < -0.4 is 9.47 Å². The Morgan fingerprint density at radius 1 is 1.52 bits per heavy atom. The number of nitrogens with zero attached hydrogens (tertiary/aromatic N) is 1. The minimum Gasteiger partial charge on any atom is -0.493 e. The molecule has 23 heavy (non-hydrogen) atoms. The maximum atomic E-state index is 12.9. The number of ether oxygens (including phenoxy) is 2. The van der Waals surface area contributed by atoms with Crippen molar-refractivity contribution in [2.75, 3.05) is 20.7 Å². The van der Waals surface area contributed by atoms with Crippen LogP contribution in [0.3, 0.4) is 0 Å². The summed E-state index contributed by atoms with van der Waals surface area (Å²) in [6.07, 6.45) is -1.77. The number of benzene rings is 1. The first-order valence-corrected chi connectivity index (χ1v) is 7.95. The molecule has 2 aliphatic carbocycles. The zero-order valence-electron chi connectivity index (χ0n) is 17.2. The summed E-state index contributed by atoms with van der Waals surface area (Å²) in [4.78, 5) is 14.6. The molecule has 1 unspecified atom stereocenters. The van der Waals surface area contributed by atoms with Crippen LogP contribution in [0.5, 0.6) is 11.5 Å². The number of hydrogen-bond donors (Lipinski definition) is 1. The van der Waals surface area contributed by atoms with Crippen LogP contribution in [0, 0.1) is 0 Å². The Morgan fingerprint density at radius 2 is 2.35 bits per heavy atom. The minimum atomic E-state index is -2.08. The number of hydrogen-bond acceptors (Lipinski definition) is 5. The molecule has 1 saturated heterocycles. The molecule has 2 heterocycles. The number of likely N-dealkylation sites (N-methyl/N-ethyl adjacent to an activating group) is 1. The highest BCUT2D eigenvalue weighted by Gasteiger charge is 2.72. The molecule has 1 aromatic rings. The Balaban J connectivity index is 1.98. The van der Waals surface area contributed by atoms with Crippen molar-refractivity contribution >= 4 is 5.78 Å². The lowest BCUT2D eigenvalue weighted by atomic mass is 9.49. The molecule has 4 atom stereocenters. The molecular weight excluding hydrogens is 294 g/mol. The van der Waals surface area contributed by atoms with Crippen LogP contribution >= 0.6 is 0 Å². The van der Waals surface area contributed by atoms with Crippen molar-refractivity contribution in [2.45, 2.75) is 48.8 Å². The molecule has 0 radical (unpaired) electrons. The van der Waals surface area contributed by atoms with Gasteiger partial charge in [0.05, 0.1) is 23.6 Å². The van der Waals surface area contributed by atoms with E-state index >= 15 is 0 Å². The zero-order valence-corrected chi connectivity index (χ0v) is 13.2. The topological polar surface area (TPSA) is 59.0 Å². The van der Waals surface area contributed by atoms with Gasteiger partial charge in [-0.05, 0) is 44.5 Å². The highest BCUT2D eigenvalue weighted by Crippen LogP contribution is 2.64. The van der Waals surface area contributed by atoms with E-state index < -0.39 is 28.9 Å². The number of methoxy groups -OCH3 is 1. The van der Waals surface area contributed by atoms with Crippen molar-refractivity contribution in [3.63, 3.8) is 0 Å². The van der Waals surface area contributed by atoms with Gasteiger partial charge < -0.3 is 19.5 Å². The Hall–Kier alpha value is -1.59. The first kappa shape index (κ1) is 10.3. The monoisotopic (exact) mass is 319 g/mol. The summed E-state index contributed by atoms with van der Waals surface area (Å²) in [7, 11) is 3.10. The van der Waals surface area contributed by atoms with Gasteiger partial charge in [-0.3, -0.25) is 4.79 Å². The van der Waals surface area contributed by atoms with Gasteiger partial charge in [0, 0.05) is 18.0 Å². The minimum absolute atomic E-state index is 0.0145. The number of rotatable bonds is 1. The summed E-state index contributed by atoms with van der Waals surface area (Å²) >= 11 is 0. The molecule has 0 amide bonds. The molecule has 0 aromatic heterocycles. The molecule has 2 fully saturated rings. The molecule has 5 nitrogen and oxygen atoms in total. The van der Waals surface area contributed by atoms with Gasteiger partial charge in [-0.15, -0.1) is 0 Å². The predicted molar refractivity (Wildman–Crippen MR) is 83.0 cm³/mol. The second-order valence-corrected chi connectivity index (χ2v) is 6.88. The average molecular weight is 319 g/mol. The molecule has 2 bridgehead atoms. The van der Waals surface area contributed by atoms with Crippen molar-refractivity contribution in [1.82, 2.24) is 4.90 Å². The van der Waals surface area contributed by atoms with E-state index in [0.717, 1.165) is 0 Å². The van der Waals surface area contributed by atoms with Crippen molar-refractivity contribution in [3.05, 3.63) is 23.2 Å². The van der Waals surface area contributed by atoms with Gasteiger partial charge in [0.1, 0.15) is 0 Å². The molecule has 1 spiro atoms. The van der Waals surface area contributed by atoms with E-state index in [4.69, 9.17) is 13.6 Å². The fourth-order valence-corrected chi connectivity index (χ4v) is 5.01. The Bertz CT molecular complexity index is 925. The number of ketones is 1. The second-order valence-electron chi connectivity index (χ2n) is 6.88. The van der Waals surface area contributed by atoms with Gasteiger partial charge in [-0.25, -0.2) is 0 Å². The largest absolute Gasteiger partial charge is 0.493 e. The van der Waals surface area contributed by atoms with Crippen molar-refractivity contribution in [2.24, 2.45) is 0 Å². The maximum Gasteiger partial charge on any atom is 0.174 e. The lowest BCUT2D eigenvalue weighted by Gasteiger charge is -2.62. The fourth-order valence-electron chi connectivity index (χ4n) is 5.01. The van der Waals surface area contributed by atoms with E-state index in [1.165, 1.54) is 7.11 Å². The Morgan fingerprint density at radius 3 is 3.13 bits per heavy atom. The second kappa shape index (κ2) is 4.08. The van der Waals surface area contributed by atoms with E-state index in [1.54, 1.807) is 11.9 Å². The summed E-state index contributed by atoms with van der Waals surface area (Å²) in [5.74, 6) is -0.312. The number of carbonyl (C=O) groups is 1. The third-order valence-electron chi connectivity index (χ3n) is 6.06. The van der Waals surface area contributed by atoms with E-state index in [9.17, 15) is 11.3 Å². The molecule has 5 heteroatoms. The van der Waals surface area contributed by atoms with Crippen LogP contribution in [0.15, 0.2) is 12.1 Å². The summed E-state index contributed by atoms with van der Waals surface area (Å²) in [5, 5.41) is 11.9. The predicted octanol–water partition coefficient (Wildman–Crippen LogP) is 1.05. The molecular formula is C18H21NO4. The van der Waals surface area contributed by atoms with Crippen molar-refractivity contribution < 1.29 is 24.9 Å². The number of piperidine rings is 1. The summed E-state index contributed by atoms with van der Waals surface area (Å²) in [5.41, 5.74) is -2.28. The number of likely N-dealkylation sites (tertiary alicyclic amines) is 1. The number of carbonyl (C=O) groups excluding carboxylic acids is 1. The van der Waals surface area contributed by atoms with Crippen LogP contribution in [-0.4, -0.2) is 54.2 Å². The molecule has 5 rings (SSSR count). The van der Waals surface area contributed by atoms with Gasteiger partial charge in [0.2, 0.25) is 0 Å². The van der Waals surface area contributed by atoms with Crippen LogP contribution in [0.1, 0.15) is 35.9 Å². The van der Waals surface area contributed by atoms with Crippen LogP contribution in [0.2, 0.25) is 0 Å². The standard InChI is InChI=1S/C18H21NO4/c1-19-8-7-17-14-10-3-4-12(22-2)15(14)23-16(17)11(20)5-6-18(17,21)13(19)9-10/h3-4,13,16,21H,5-9H2,1-2H3/t13-,16?,17+,18-/m1/s1/i3D,4D,13D,16D. The highest BCUT2D eigenvalue weighted by molar-refractivity contribution is 5.90. The number of aliphatic hydroxyl groups is 1. The third kappa shape index (κ3) is 1.32. The van der Waals surface area contributed by atoms with Gasteiger partial charge in [-0.1, -0.05) is 6.04 Å². The lowest BCUT2D eigenvalue weighted by molar-refractivity contribution is -0.185. The normalized spacial score (nSPS) is 49.4. The Labute approximate surface area is 140 Å². The van der Waals surface area contributed by atoms with Crippen LogP contribution in [-0.2, 0) is 16.6 Å². The van der Waals surface area contributed by atoms with E-state index in [2.05, 4.69) is 0 Å². The first-order chi connectivity index (χ1) is 12.6. The highest BCUT2D eigenvalue weighted by atomic mass is 16.5. The van der Waals surface area contributed by atoms with Gasteiger partial charge >= 0.3 is 0 Å². The third-order valence-corrected chi connectivity index (χ3v) is 6.06. The molecule has 1 aromatic carbocycles. The number of Topliss-reactive ketones (excluding diaryl/α,β-unsaturated/α-hetero) is 1. The first-order valence-electron chi connectivity index (χ1n) is 9.95. The summed E-state index contributed by atoms with van der Waals surface area (Å²) in [6.45, 7) is 0.417. The summed E-state index contributed by atoms with van der Waals surface area (Å²) in [6, 6.07) is -1.79. The van der Waals surface area contributed by atoms with Gasteiger partial charge in [0.25, 0.3) is 0 Å². The SMILES string of the molecule is [2H]c1c([2H])c(OC)c2c3c1C[C@@]1([2H])N(C)CC[C@@]34C([2H])(O2)C(=O)CC[C@@]14O. The molecule has 4 aliphatic rings. The average Bonchev–Trinajstić information content (AvgIpc) is 2.89. The molecule has 1 N–H and O–H groups in total. The fraction of sp³-hybridized carbons (Fsp3) is 0.611. The van der Waals surface area contributed by atoms with E-state index in [-0.39, 0.29) is 49.3 Å². The molecule has 1 saturated carbocycles. The van der Waals surface area contributed by atoms with Gasteiger partial charge in [0.15, 0.2) is 23.4 Å². The smallest absolute Gasteiger partial charge is 0.174 e. The quantitative estimate of drug-likeness (QED) is 0.838. The van der Waals surface area contributed by atoms with Crippen LogP contribution in [0.25, 0.3) is 0 Å². The van der Waals surface area contributed by atoms with E-state index in [0.29, 0.717) is 17.7 Å². The van der Waals surface area contributed by atoms with Crippen molar-refractivity contribution in [3.8, 4) is 11.5 Å². The van der Waals surface area contributed by atoms with Crippen molar-refractivity contribution in [1.29, 1.82) is 0 Å². The Kier molecular flexibility index (Phi) is 1.83. The summed E-state index contributed by atoms with van der Waals surface area (Å²) < 4.78 is 46.2. The molecule has 2 aliphatic heterocycles. The maximum absolute atomic E-state index is 12.9. The lowest BCUT2D eigenvalue weighted by Crippen LogP contribution is -2.76. The molecule has 122 valence electrons.